The molecule has 1 unspecified atom stereocenters. The number of aromatic nitrogens is 1. The van der Waals surface area contributed by atoms with Gasteiger partial charge in [0.05, 0.1) is 29.3 Å². The average Bonchev–Trinajstić information content (AvgIpc) is 2.62. The van der Waals surface area contributed by atoms with E-state index in [1.807, 2.05) is 0 Å². The van der Waals surface area contributed by atoms with Crippen LogP contribution in [0.4, 0.5) is 5.69 Å². The van der Waals surface area contributed by atoms with Gasteiger partial charge < -0.3 is 5.32 Å². The van der Waals surface area contributed by atoms with Crippen LogP contribution in [-0.4, -0.2) is 30.8 Å². The Balaban J connectivity index is 2.01. The largest absolute Gasteiger partial charge is 0.324 e. The number of hydrogen-bond donors (Lipinski definition) is 1. The topological polar surface area (TPSA) is 76.1 Å². The quantitative estimate of drug-likeness (QED) is 0.832. The van der Waals surface area contributed by atoms with Crippen LogP contribution in [0.1, 0.15) is 6.42 Å². The third-order valence-electron chi connectivity index (χ3n) is 2.60. The maximum Gasteiger partial charge on any atom is 0.228 e. The van der Waals surface area contributed by atoms with Crippen molar-refractivity contribution in [1.29, 1.82) is 0 Å². The number of nitrogens with one attached hydrogen (secondary N) is 1. The first-order chi connectivity index (χ1) is 7.96. The molecule has 1 fully saturated rings. The Morgan fingerprint density at radius 3 is 2.76 bits per heavy atom. The molecule has 0 spiro atoms. The van der Waals surface area contributed by atoms with Gasteiger partial charge in [0.15, 0.2) is 9.84 Å². The summed E-state index contributed by atoms with van der Waals surface area (Å²) in [5.41, 5.74) is 0.572. The van der Waals surface area contributed by atoms with Crippen molar-refractivity contribution in [3.8, 4) is 0 Å². The van der Waals surface area contributed by atoms with Gasteiger partial charge in [0.25, 0.3) is 0 Å². The van der Waals surface area contributed by atoms with E-state index in [1.165, 1.54) is 6.20 Å². The Morgan fingerprint density at radius 2 is 2.24 bits per heavy atom. The number of halogens is 1. The number of nitrogens with zero attached hydrogens (tertiary/aromatic N) is 1. The van der Waals surface area contributed by atoms with Gasteiger partial charge in [0, 0.05) is 0 Å². The van der Waals surface area contributed by atoms with Crippen molar-refractivity contribution in [2.45, 2.75) is 6.42 Å². The minimum Gasteiger partial charge on any atom is -0.324 e. The van der Waals surface area contributed by atoms with Crippen LogP contribution in [0.3, 0.4) is 0 Å². The van der Waals surface area contributed by atoms with Crippen LogP contribution in [-0.2, 0) is 14.6 Å². The molecule has 92 valence electrons. The zero-order chi connectivity index (χ0) is 12.5. The summed E-state index contributed by atoms with van der Waals surface area (Å²) in [6.45, 7) is 0. The van der Waals surface area contributed by atoms with Gasteiger partial charge in [0.2, 0.25) is 5.91 Å². The fraction of sp³-hybridized carbons (Fsp3) is 0.400. The van der Waals surface area contributed by atoms with Crippen molar-refractivity contribution < 1.29 is 13.2 Å². The van der Waals surface area contributed by atoms with Gasteiger partial charge >= 0.3 is 0 Å². The molecule has 5 nitrogen and oxygen atoms in total. The van der Waals surface area contributed by atoms with Gasteiger partial charge in [-0.3, -0.25) is 4.79 Å². The molecule has 1 aromatic rings. The maximum atomic E-state index is 11.8. The molecule has 0 bridgehead atoms. The SMILES string of the molecule is O=C(Nc1ccc(Br)nc1)C1CCS(=O)(=O)C1. The predicted octanol–water partition coefficient (Wildman–Crippen LogP) is 1.22. The van der Waals surface area contributed by atoms with Crippen molar-refractivity contribution in [3.05, 3.63) is 22.9 Å². The number of anilines is 1. The third kappa shape index (κ3) is 3.26. The van der Waals surface area contributed by atoms with E-state index in [0.29, 0.717) is 16.7 Å². The Morgan fingerprint density at radius 1 is 1.47 bits per heavy atom. The predicted molar refractivity (Wildman–Crippen MR) is 67.3 cm³/mol. The lowest BCUT2D eigenvalue weighted by atomic mass is 10.1. The highest BCUT2D eigenvalue weighted by atomic mass is 79.9. The maximum absolute atomic E-state index is 11.8. The fourth-order valence-corrected chi connectivity index (χ4v) is 3.67. The molecule has 1 N–H and O–H groups in total. The number of carbonyl (C=O) groups excluding carboxylic acids is 1. The van der Waals surface area contributed by atoms with Crippen LogP contribution < -0.4 is 5.32 Å². The Kier molecular flexibility index (Phi) is 3.48. The standard InChI is InChI=1S/C10H11BrN2O3S/c11-9-2-1-8(5-12-9)13-10(14)7-3-4-17(15,16)6-7/h1-2,5,7H,3-4,6H2,(H,13,14). The first-order valence-electron chi connectivity index (χ1n) is 5.09. The molecule has 1 amide bonds. The molecule has 1 aliphatic heterocycles. The van der Waals surface area contributed by atoms with Gasteiger partial charge in [-0.2, -0.15) is 0 Å². The van der Waals surface area contributed by atoms with E-state index in [9.17, 15) is 13.2 Å². The molecule has 2 rings (SSSR count). The third-order valence-corrected chi connectivity index (χ3v) is 4.84. The van der Waals surface area contributed by atoms with Crippen LogP contribution in [0.25, 0.3) is 0 Å². The molecule has 7 heteroatoms. The molecule has 1 saturated heterocycles. The van der Waals surface area contributed by atoms with Crippen LogP contribution in [0.2, 0.25) is 0 Å². The van der Waals surface area contributed by atoms with Crippen molar-refractivity contribution >= 4 is 37.4 Å². The van der Waals surface area contributed by atoms with Crippen LogP contribution >= 0.6 is 15.9 Å². The lowest BCUT2D eigenvalue weighted by Crippen LogP contribution is -2.23. The fourth-order valence-electron chi connectivity index (χ4n) is 1.70. The van der Waals surface area contributed by atoms with Crippen LogP contribution in [0, 0.1) is 5.92 Å². The highest BCUT2D eigenvalue weighted by Crippen LogP contribution is 2.20. The molecular weight excluding hydrogens is 308 g/mol. The molecule has 1 aliphatic rings. The molecule has 2 heterocycles. The van der Waals surface area contributed by atoms with E-state index in [1.54, 1.807) is 12.1 Å². The number of rotatable bonds is 2. The molecular formula is C10H11BrN2O3S. The van der Waals surface area contributed by atoms with E-state index < -0.39 is 15.8 Å². The Labute approximate surface area is 108 Å². The normalized spacial score (nSPS) is 22.3. The molecule has 17 heavy (non-hydrogen) atoms. The number of sulfone groups is 1. The number of pyridine rings is 1. The average molecular weight is 319 g/mol. The van der Waals surface area contributed by atoms with Gasteiger partial charge in [-0.05, 0) is 34.5 Å². The molecule has 0 radical (unpaired) electrons. The summed E-state index contributed by atoms with van der Waals surface area (Å²) in [4.78, 5) is 15.7. The first kappa shape index (κ1) is 12.5. The Hall–Kier alpha value is -0.950. The second-order valence-electron chi connectivity index (χ2n) is 3.96. The van der Waals surface area contributed by atoms with Gasteiger partial charge in [-0.15, -0.1) is 0 Å². The highest BCUT2D eigenvalue weighted by Gasteiger charge is 2.32. The van der Waals surface area contributed by atoms with Gasteiger partial charge in [-0.1, -0.05) is 0 Å². The second kappa shape index (κ2) is 4.73. The van der Waals surface area contributed by atoms with E-state index in [-0.39, 0.29) is 17.4 Å². The first-order valence-corrected chi connectivity index (χ1v) is 7.70. The van der Waals surface area contributed by atoms with Crippen molar-refractivity contribution in [2.75, 3.05) is 16.8 Å². The minimum atomic E-state index is -3.02. The zero-order valence-electron chi connectivity index (χ0n) is 8.89. The summed E-state index contributed by atoms with van der Waals surface area (Å²) < 4.78 is 23.2. The van der Waals surface area contributed by atoms with E-state index in [2.05, 4.69) is 26.2 Å². The number of hydrogen-bond acceptors (Lipinski definition) is 4. The smallest absolute Gasteiger partial charge is 0.228 e. The van der Waals surface area contributed by atoms with E-state index >= 15 is 0 Å². The summed E-state index contributed by atoms with van der Waals surface area (Å²) in [6, 6.07) is 3.42. The summed E-state index contributed by atoms with van der Waals surface area (Å²) >= 11 is 3.19. The lowest BCUT2D eigenvalue weighted by molar-refractivity contribution is -0.119. The lowest BCUT2D eigenvalue weighted by Gasteiger charge is -2.08. The molecule has 0 aliphatic carbocycles. The molecule has 0 aromatic carbocycles. The number of amides is 1. The summed E-state index contributed by atoms with van der Waals surface area (Å²) in [6.07, 6.45) is 1.92. The Bertz CT molecular complexity index is 527. The number of carbonyl (C=O) groups is 1. The summed E-state index contributed by atoms with van der Waals surface area (Å²) in [5.74, 6) is -0.647. The summed E-state index contributed by atoms with van der Waals surface area (Å²) in [7, 11) is -3.02. The van der Waals surface area contributed by atoms with E-state index in [4.69, 9.17) is 0 Å². The van der Waals surface area contributed by atoms with Crippen molar-refractivity contribution in [3.63, 3.8) is 0 Å². The van der Waals surface area contributed by atoms with Gasteiger partial charge in [0.1, 0.15) is 4.60 Å². The van der Waals surface area contributed by atoms with Crippen molar-refractivity contribution in [1.82, 2.24) is 4.98 Å². The van der Waals surface area contributed by atoms with Crippen molar-refractivity contribution in [2.24, 2.45) is 5.92 Å². The summed E-state index contributed by atoms with van der Waals surface area (Å²) in [5, 5.41) is 2.66. The molecule has 1 aromatic heterocycles. The highest BCUT2D eigenvalue weighted by molar-refractivity contribution is 9.10. The molecule has 1 atom stereocenters. The molecule has 0 saturated carbocycles. The van der Waals surface area contributed by atoms with Crippen LogP contribution in [0.5, 0.6) is 0 Å². The van der Waals surface area contributed by atoms with E-state index in [0.717, 1.165) is 0 Å². The monoisotopic (exact) mass is 318 g/mol. The minimum absolute atomic E-state index is 0.0528. The van der Waals surface area contributed by atoms with Crippen LogP contribution in [0.15, 0.2) is 22.9 Å². The second-order valence-corrected chi connectivity index (χ2v) is 7.00. The zero-order valence-corrected chi connectivity index (χ0v) is 11.3. The van der Waals surface area contributed by atoms with Gasteiger partial charge in [-0.25, -0.2) is 13.4 Å².